The number of hydrogen-bond acceptors (Lipinski definition) is 7. The Kier molecular flexibility index (Phi) is 4.86. The van der Waals surface area contributed by atoms with Gasteiger partial charge in [-0.1, -0.05) is 0 Å². The molecule has 2 heterocycles. The number of thioether (sulfide) groups is 1. The quantitative estimate of drug-likeness (QED) is 0.826. The van der Waals surface area contributed by atoms with E-state index < -0.39 is 11.1 Å². The Bertz CT molecular complexity index is 874. The lowest BCUT2D eigenvalue weighted by molar-refractivity contribution is -0.116. The lowest BCUT2D eigenvalue weighted by atomic mass is 10.3. The van der Waals surface area contributed by atoms with Crippen molar-refractivity contribution in [2.45, 2.75) is 6.92 Å². The van der Waals surface area contributed by atoms with Crippen molar-refractivity contribution in [2.75, 3.05) is 12.0 Å². The first-order chi connectivity index (χ1) is 12.0. The van der Waals surface area contributed by atoms with E-state index in [1.54, 1.807) is 36.8 Å². The van der Waals surface area contributed by atoms with Crippen molar-refractivity contribution in [3.05, 3.63) is 40.2 Å². The van der Waals surface area contributed by atoms with Crippen molar-refractivity contribution in [3.8, 4) is 5.75 Å². The van der Waals surface area contributed by atoms with Gasteiger partial charge < -0.3 is 4.74 Å². The van der Waals surface area contributed by atoms with Crippen LogP contribution in [0.3, 0.4) is 0 Å². The minimum atomic E-state index is -0.442. The van der Waals surface area contributed by atoms with E-state index in [0.29, 0.717) is 22.3 Å². The predicted molar refractivity (Wildman–Crippen MR) is 97.0 cm³/mol. The van der Waals surface area contributed by atoms with Gasteiger partial charge in [0.2, 0.25) is 5.91 Å². The Morgan fingerprint density at radius 3 is 2.56 bits per heavy atom. The number of rotatable bonds is 4. The molecule has 1 aliphatic rings. The number of carbonyl (C=O) groups excluding carboxylic acids is 3. The molecule has 1 N–H and O–H groups in total. The van der Waals surface area contributed by atoms with Gasteiger partial charge in [-0.25, -0.2) is 4.98 Å². The number of benzene rings is 1. The molecule has 0 radical (unpaired) electrons. The van der Waals surface area contributed by atoms with Crippen molar-refractivity contribution < 1.29 is 19.1 Å². The van der Waals surface area contributed by atoms with E-state index >= 15 is 0 Å². The number of carbonyl (C=O) groups is 3. The number of amides is 3. The van der Waals surface area contributed by atoms with Crippen molar-refractivity contribution in [1.29, 1.82) is 0 Å². The zero-order chi connectivity index (χ0) is 18.0. The predicted octanol–water partition coefficient (Wildman–Crippen LogP) is 3.16. The summed E-state index contributed by atoms with van der Waals surface area (Å²) in [6.07, 6.45) is 1.53. The number of hydrogen-bond donors (Lipinski definition) is 1. The summed E-state index contributed by atoms with van der Waals surface area (Å²) in [5.74, 6) is 0.0516. The number of imide groups is 1. The molecule has 3 amide bonds. The van der Waals surface area contributed by atoms with Gasteiger partial charge in [0.25, 0.3) is 11.1 Å². The summed E-state index contributed by atoms with van der Waals surface area (Å²) in [6.45, 7) is 1.45. The van der Waals surface area contributed by atoms with Crippen LogP contribution in [0.1, 0.15) is 12.6 Å². The highest BCUT2D eigenvalue weighted by molar-refractivity contribution is 8.18. The van der Waals surface area contributed by atoms with Gasteiger partial charge in [-0.15, -0.1) is 11.3 Å². The Balaban J connectivity index is 1.89. The first kappa shape index (κ1) is 17.2. The topological polar surface area (TPSA) is 88.6 Å². The molecular weight excluding hydrogens is 362 g/mol. The monoisotopic (exact) mass is 375 g/mol. The molecular formula is C16H13N3O4S2. The van der Waals surface area contributed by atoms with Crippen LogP contribution in [0, 0.1) is 0 Å². The van der Waals surface area contributed by atoms with E-state index in [2.05, 4.69) is 10.3 Å². The van der Waals surface area contributed by atoms with Crippen molar-refractivity contribution >= 4 is 57.0 Å². The van der Waals surface area contributed by atoms with Crippen LogP contribution in [-0.2, 0) is 9.59 Å². The number of thiazole rings is 1. The SMILES string of the molecule is COc1ccc(N(C(C)=O)c2nc(/C=C3\SC(=O)NC3=O)cs2)cc1. The summed E-state index contributed by atoms with van der Waals surface area (Å²) in [6, 6.07) is 7.04. The molecule has 1 aromatic heterocycles. The van der Waals surface area contributed by atoms with Crippen molar-refractivity contribution in [1.82, 2.24) is 10.3 Å². The Morgan fingerprint density at radius 2 is 2.00 bits per heavy atom. The van der Waals surface area contributed by atoms with E-state index in [4.69, 9.17) is 4.74 Å². The molecule has 2 aromatic rings. The van der Waals surface area contributed by atoms with Gasteiger partial charge in [0.05, 0.1) is 23.4 Å². The Labute approximate surface area is 151 Å². The fraction of sp³-hybridized carbons (Fsp3) is 0.125. The van der Waals surface area contributed by atoms with Gasteiger partial charge in [0.15, 0.2) is 5.13 Å². The van der Waals surface area contributed by atoms with Crippen LogP contribution in [0.25, 0.3) is 6.08 Å². The first-order valence-electron chi connectivity index (χ1n) is 7.13. The lowest BCUT2D eigenvalue weighted by Crippen LogP contribution is -2.22. The van der Waals surface area contributed by atoms with Crippen LogP contribution in [0.2, 0.25) is 0 Å². The number of ether oxygens (including phenoxy) is 1. The number of nitrogens with zero attached hydrogens (tertiary/aromatic N) is 2. The smallest absolute Gasteiger partial charge is 0.290 e. The molecule has 7 nitrogen and oxygen atoms in total. The van der Waals surface area contributed by atoms with Crippen LogP contribution >= 0.6 is 23.1 Å². The average molecular weight is 375 g/mol. The minimum absolute atomic E-state index is 0.193. The van der Waals surface area contributed by atoms with Crippen molar-refractivity contribution in [3.63, 3.8) is 0 Å². The van der Waals surface area contributed by atoms with Gasteiger partial charge in [-0.3, -0.25) is 24.6 Å². The molecule has 0 aliphatic carbocycles. The number of nitrogens with one attached hydrogen (secondary N) is 1. The van der Waals surface area contributed by atoms with Crippen LogP contribution in [0.4, 0.5) is 15.6 Å². The number of methoxy groups -OCH3 is 1. The molecule has 0 unspecified atom stereocenters. The molecule has 1 aromatic carbocycles. The van der Waals surface area contributed by atoms with E-state index in [0.717, 1.165) is 11.8 Å². The zero-order valence-corrected chi connectivity index (χ0v) is 14.9. The van der Waals surface area contributed by atoms with E-state index in [-0.39, 0.29) is 10.8 Å². The first-order valence-corrected chi connectivity index (χ1v) is 8.82. The number of aromatic nitrogens is 1. The average Bonchev–Trinajstić information content (AvgIpc) is 3.15. The van der Waals surface area contributed by atoms with E-state index in [1.165, 1.54) is 29.2 Å². The highest BCUT2D eigenvalue weighted by Crippen LogP contribution is 2.32. The second-order valence-electron chi connectivity index (χ2n) is 4.96. The third kappa shape index (κ3) is 3.72. The van der Waals surface area contributed by atoms with Gasteiger partial charge in [0.1, 0.15) is 5.75 Å². The molecule has 3 rings (SSSR count). The van der Waals surface area contributed by atoms with Gasteiger partial charge in [0, 0.05) is 12.3 Å². The van der Waals surface area contributed by atoms with Crippen molar-refractivity contribution in [2.24, 2.45) is 0 Å². The van der Waals surface area contributed by atoms with Crippen LogP contribution in [0.5, 0.6) is 5.75 Å². The normalized spacial score (nSPS) is 15.4. The summed E-state index contributed by atoms with van der Waals surface area (Å²) in [4.78, 5) is 41.0. The minimum Gasteiger partial charge on any atom is -0.497 e. The third-order valence-electron chi connectivity index (χ3n) is 3.27. The maximum absolute atomic E-state index is 12.1. The fourth-order valence-corrected chi connectivity index (χ4v) is 3.67. The van der Waals surface area contributed by atoms with Gasteiger partial charge in [-0.2, -0.15) is 0 Å². The molecule has 0 saturated carbocycles. The lowest BCUT2D eigenvalue weighted by Gasteiger charge is -2.18. The number of anilines is 2. The van der Waals surface area contributed by atoms with Gasteiger partial charge in [-0.05, 0) is 42.1 Å². The Morgan fingerprint density at radius 1 is 1.28 bits per heavy atom. The molecule has 1 aliphatic heterocycles. The molecule has 9 heteroatoms. The highest BCUT2D eigenvalue weighted by atomic mass is 32.2. The molecule has 0 atom stereocenters. The summed E-state index contributed by atoms with van der Waals surface area (Å²) in [5, 5.41) is 3.97. The van der Waals surface area contributed by atoms with E-state index in [1.807, 2.05) is 0 Å². The second kappa shape index (κ2) is 7.08. The molecule has 0 spiro atoms. The maximum atomic E-state index is 12.1. The summed E-state index contributed by atoms with van der Waals surface area (Å²) in [7, 11) is 1.57. The third-order valence-corrected chi connectivity index (χ3v) is 4.92. The second-order valence-corrected chi connectivity index (χ2v) is 6.81. The van der Waals surface area contributed by atoms with Crippen LogP contribution < -0.4 is 15.0 Å². The zero-order valence-electron chi connectivity index (χ0n) is 13.3. The summed E-state index contributed by atoms with van der Waals surface area (Å²) >= 11 is 2.09. The largest absolute Gasteiger partial charge is 0.497 e. The molecule has 1 fully saturated rings. The Hall–Kier alpha value is -2.65. The van der Waals surface area contributed by atoms with Gasteiger partial charge >= 0.3 is 0 Å². The standard InChI is InChI=1S/C16H13N3O4S2/c1-9(20)19(11-3-5-12(23-2)6-4-11)15-17-10(8-24-15)7-13-14(21)18-16(22)25-13/h3-8H,1-2H3,(H,18,21,22)/b13-7-. The molecule has 128 valence electrons. The van der Waals surface area contributed by atoms with Crippen LogP contribution in [-0.4, -0.2) is 29.1 Å². The van der Waals surface area contributed by atoms with E-state index in [9.17, 15) is 14.4 Å². The molecule has 25 heavy (non-hydrogen) atoms. The summed E-state index contributed by atoms with van der Waals surface area (Å²) < 4.78 is 5.12. The maximum Gasteiger partial charge on any atom is 0.290 e. The molecule has 1 saturated heterocycles. The molecule has 0 bridgehead atoms. The highest BCUT2D eigenvalue weighted by Gasteiger charge is 2.25. The summed E-state index contributed by atoms with van der Waals surface area (Å²) in [5.41, 5.74) is 1.16. The fourth-order valence-electron chi connectivity index (χ4n) is 2.16. The van der Waals surface area contributed by atoms with Crippen LogP contribution in [0.15, 0.2) is 34.6 Å².